The minimum atomic E-state index is -3.82. The summed E-state index contributed by atoms with van der Waals surface area (Å²) in [5.74, 6) is -0.321. The van der Waals surface area contributed by atoms with Gasteiger partial charge >= 0.3 is 0 Å². The van der Waals surface area contributed by atoms with Crippen LogP contribution in [0.2, 0.25) is 0 Å². The Kier molecular flexibility index (Phi) is 6.05. The van der Waals surface area contributed by atoms with E-state index in [4.69, 9.17) is 0 Å². The zero-order valence-corrected chi connectivity index (χ0v) is 16.0. The normalized spacial score (nSPS) is 11.2. The van der Waals surface area contributed by atoms with Gasteiger partial charge in [-0.2, -0.15) is 0 Å². The molecule has 2 N–H and O–H groups in total. The molecule has 0 spiro atoms. The zero-order valence-electron chi connectivity index (χ0n) is 15.2. The second kappa shape index (κ2) is 8.67. The molecular formula is C19H18N4O5S. The van der Waals surface area contributed by atoms with E-state index in [0.717, 1.165) is 30.0 Å². The van der Waals surface area contributed by atoms with Gasteiger partial charge in [0, 0.05) is 48.9 Å². The number of amides is 1. The number of hydrogen-bond donors (Lipinski definition) is 2. The number of benzene rings is 2. The third kappa shape index (κ3) is 5.06. The Bertz CT molecular complexity index is 1090. The monoisotopic (exact) mass is 414 g/mol. The van der Waals surface area contributed by atoms with Gasteiger partial charge in [0.25, 0.3) is 11.6 Å². The highest BCUT2D eigenvalue weighted by Crippen LogP contribution is 2.15. The molecule has 0 bridgehead atoms. The molecule has 1 amide bonds. The molecule has 3 aromatic rings. The fourth-order valence-electron chi connectivity index (χ4n) is 2.59. The third-order valence-electron chi connectivity index (χ3n) is 4.09. The molecule has 0 unspecified atom stereocenters. The largest absolute Gasteiger partial charge is 0.351 e. The fraction of sp³-hybridized carbons (Fsp3) is 0.105. The van der Waals surface area contributed by atoms with Crippen molar-refractivity contribution in [2.45, 2.75) is 4.90 Å². The summed E-state index contributed by atoms with van der Waals surface area (Å²) in [5.41, 5.74) is 1.18. The first-order valence-electron chi connectivity index (χ1n) is 8.62. The second-order valence-corrected chi connectivity index (χ2v) is 7.81. The highest BCUT2D eigenvalue weighted by Gasteiger charge is 2.15. The molecule has 150 valence electrons. The Morgan fingerprint density at radius 3 is 2.17 bits per heavy atom. The molecule has 1 heterocycles. The van der Waals surface area contributed by atoms with Crippen LogP contribution in [0.15, 0.2) is 78.0 Å². The molecule has 3 rings (SSSR count). The average Bonchev–Trinajstić information content (AvgIpc) is 3.26. The Morgan fingerprint density at radius 2 is 1.59 bits per heavy atom. The molecule has 10 heteroatoms. The zero-order chi connectivity index (χ0) is 20.9. The molecule has 1 aromatic heterocycles. The number of nitro groups is 1. The minimum Gasteiger partial charge on any atom is -0.351 e. The number of non-ortho nitro benzene ring substituents is 1. The van der Waals surface area contributed by atoms with Gasteiger partial charge in [-0.15, -0.1) is 0 Å². The van der Waals surface area contributed by atoms with Gasteiger partial charge in [0.1, 0.15) is 0 Å². The maximum absolute atomic E-state index is 12.2. The van der Waals surface area contributed by atoms with E-state index in [1.165, 1.54) is 0 Å². The van der Waals surface area contributed by atoms with Crippen LogP contribution in [-0.2, 0) is 10.0 Å². The first-order chi connectivity index (χ1) is 13.9. The van der Waals surface area contributed by atoms with Crippen LogP contribution in [0.4, 0.5) is 5.69 Å². The van der Waals surface area contributed by atoms with Crippen LogP contribution < -0.4 is 10.0 Å². The van der Waals surface area contributed by atoms with Gasteiger partial charge in [0.2, 0.25) is 10.0 Å². The van der Waals surface area contributed by atoms with Gasteiger partial charge in [-0.1, -0.05) is 0 Å². The SMILES string of the molecule is O=C(NCCNS(=O)(=O)c1ccc([N+](=O)[O-])cc1)c1ccc(-n2cccc2)cc1. The predicted octanol–water partition coefficient (Wildman–Crippen LogP) is 2.09. The van der Waals surface area contributed by atoms with E-state index in [9.17, 15) is 23.3 Å². The van der Waals surface area contributed by atoms with Crippen LogP contribution in [0.3, 0.4) is 0 Å². The highest BCUT2D eigenvalue weighted by molar-refractivity contribution is 7.89. The topological polar surface area (TPSA) is 123 Å². The standard InChI is InChI=1S/C19H18N4O5S/c24-19(15-3-5-16(6-4-15)22-13-1-2-14-22)20-11-12-21-29(27,28)18-9-7-17(8-10-18)23(25)26/h1-10,13-14,21H,11-12H2,(H,20,24). The van der Waals surface area contributed by atoms with E-state index < -0.39 is 14.9 Å². The van der Waals surface area contributed by atoms with Crippen molar-refractivity contribution < 1.29 is 18.1 Å². The molecule has 2 aromatic carbocycles. The summed E-state index contributed by atoms with van der Waals surface area (Å²) in [4.78, 5) is 22.1. The molecule has 0 radical (unpaired) electrons. The summed E-state index contributed by atoms with van der Waals surface area (Å²) in [5, 5.41) is 13.3. The van der Waals surface area contributed by atoms with Crippen molar-refractivity contribution in [1.29, 1.82) is 0 Å². The number of carbonyl (C=O) groups excluding carboxylic acids is 1. The van der Waals surface area contributed by atoms with Crippen molar-refractivity contribution in [3.63, 3.8) is 0 Å². The number of carbonyl (C=O) groups is 1. The number of aromatic nitrogens is 1. The van der Waals surface area contributed by atoms with Crippen molar-refractivity contribution in [2.24, 2.45) is 0 Å². The van der Waals surface area contributed by atoms with E-state index in [-0.39, 0.29) is 29.6 Å². The molecule has 0 aliphatic heterocycles. The maximum Gasteiger partial charge on any atom is 0.269 e. The number of nitrogens with zero attached hydrogens (tertiary/aromatic N) is 2. The number of sulfonamides is 1. The van der Waals surface area contributed by atoms with Gasteiger partial charge in [-0.25, -0.2) is 13.1 Å². The summed E-state index contributed by atoms with van der Waals surface area (Å²) < 4.78 is 28.6. The molecule has 0 atom stereocenters. The second-order valence-electron chi connectivity index (χ2n) is 6.04. The Hall–Kier alpha value is -3.50. The van der Waals surface area contributed by atoms with Gasteiger partial charge in [0.15, 0.2) is 0 Å². The summed E-state index contributed by atoms with van der Waals surface area (Å²) in [7, 11) is -3.82. The van der Waals surface area contributed by atoms with Gasteiger partial charge in [-0.05, 0) is 48.5 Å². The van der Waals surface area contributed by atoms with Crippen molar-refractivity contribution in [3.8, 4) is 5.69 Å². The molecule has 9 nitrogen and oxygen atoms in total. The first kappa shape index (κ1) is 20.2. The Balaban J connectivity index is 1.50. The van der Waals surface area contributed by atoms with E-state index in [2.05, 4.69) is 10.0 Å². The molecular weight excluding hydrogens is 396 g/mol. The van der Waals surface area contributed by atoms with E-state index in [1.54, 1.807) is 12.1 Å². The van der Waals surface area contributed by atoms with Crippen LogP contribution >= 0.6 is 0 Å². The molecule has 0 saturated carbocycles. The first-order valence-corrected chi connectivity index (χ1v) is 10.1. The Morgan fingerprint density at radius 1 is 0.966 bits per heavy atom. The van der Waals surface area contributed by atoms with Crippen molar-refractivity contribution in [2.75, 3.05) is 13.1 Å². The molecule has 29 heavy (non-hydrogen) atoms. The number of hydrogen-bond acceptors (Lipinski definition) is 5. The lowest BCUT2D eigenvalue weighted by Crippen LogP contribution is -2.34. The Labute approximate surface area is 167 Å². The van der Waals surface area contributed by atoms with Crippen molar-refractivity contribution in [3.05, 3.63) is 88.7 Å². The van der Waals surface area contributed by atoms with E-state index in [1.807, 2.05) is 41.2 Å². The minimum absolute atomic E-state index is 0.0213. The van der Waals surface area contributed by atoms with Crippen LogP contribution in [-0.4, -0.2) is 36.9 Å². The number of nitro benzene ring substituents is 1. The number of rotatable bonds is 8. The molecule has 0 fully saturated rings. The van der Waals surface area contributed by atoms with Crippen LogP contribution in [0.1, 0.15) is 10.4 Å². The average molecular weight is 414 g/mol. The summed E-state index contributed by atoms with van der Waals surface area (Å²) >= 11 is 0. The lowest BCUT2D eigenvalue weighted by molar-refractivity contribution is -0.384. The van der Waals surface area contributed by atoms with Gasteiger partial charge in [0.05, 0.1) is 9.82 Å². The van der Waals surface area contributed by atoms with Crippen LogP contribution in [0, 0.1) is 10.1 Å². The lowest BCUT2D eigenvalue weighted by atomic mass is 10.2. The molecule has 0 saturated heterocycles. The van der Waals surface area contributed by atoms with Gasteiger partial charge in [-0.3, -0.25) is 14.9 Å². The quantitative estimate of drug-likeness (QED) is 0.332. The smallest absolute Gasteiger partial charge is 0.269 e. The van der Waals surface area contributed by atoms with Crippen molar-refractivity contribution >= 4 is 21.6 Å². The van der Waals surface area contributed by atoms with Crippen molar-refractivity contribution in [1.82, 2.24) is 14.6 Å². The van der Waals surface area contributed by atoms with Crippen LogP contribution in [0.25, 0.3) is 5.69 Å². The fourth-order valence-corrected chi connectivity index (χ4v) is 3.62. The van der Waals surface area contributed by atoms with E-state index in [0.29, 0.717) is 5.56 Å². The van der Waals surface area contributed by atoms with Gasteiger partial charge < -0.3 is 9.88 Å². The summed E-state index contributed by atoms with van der Waals surface area (Å²) in [6.45, 7) is 0.0664. The summed E-state index contributed by atoms with van der Waals surface area (Å²) in [6.07, 6.45) is 3.79. The summed E-state index contributed by atoms with van der Waals surface area (Å²) in [6, 6.07) is 15.4. The van der Waals surface area contributed by atoms with E-state index >= 15 is 0 Å². The third-order valence-corrected chi connectivity index (χ3v) is 5.57. The molecule has 0 aliphatic carbocycles. The molecule has 0 aliphatic rings. The number of nitrogens with one attached hydrogen (secondary N) is 2. The maximum atomic E-state index is 12.2. The van der Waals surface area contributed by atoms with Crippen LogP contribution in [0.5, 0.6) is 0 Å². The lowest BCUT2D eigenvalue weighted by Gasteiger charge is -2.09. The predicted molar refractivity (Wildman–Crippen MR) is 106 cm³/mol. The highest BCUT2D eigenvalue weighted by atomic mass is 32.2.